The average molecular weight is 441 g/mol. The molecule has 2 aromatic carbocycles. The van der Waals surface area contributed by atoms with Gasteiger partial charge in [0.25, 0.3) is 5.91 Å². The number of benzene rings is 2. The van der Waals surface area contributed by atoms with E-state index >= 15 is 0 Å². The number of rotatable bonds is 4. The molecular weight excluding hydrogens is 423 g/mol. The van der Waals surface area contributed by atoms with E-state index in [0.29, 0.717) is 18.6 Å². The zero-order valence-electron chi connectivity index (χ0n) is 16.7. The van der Waals surface area contributed by atoms with Crippen LogP contribution in [-0.4, -0.2) is 40.5 Å². The van der Waals surface area contributed by atoms with Crippen molar-refractivity contribution in [3.63, 3.8) is 0 Å². The zero-order valence-corrected chi connectivity index (χ0v) is 16.7. The first-order valence-corrected chi connectivity index (χ1v) is 10.1. The minimum atomic E-state index is -4.53. The van der Waals surface area contributed by atoms with Gasteiger partial charge >= 0.3 is 12.2 Å². The van der Waals surface area contributed by atoms with Crippen molar-refractivity contribution in [3.8, 4) is 5.75 Å². The van der Waals surface area contributed by atoms with Gasteiger partial charge in [-0.05, 0) is 36.4 Å². The number of aromatic nitrogens is 1. The Morgan fingerprint density at radius 1 is 1.00 bits per heavy atom. The van der Waals surface area contributed by atoms with Gasteiger partial charge in [0.05, 0.1) is 11.1 Å². The van der Waals surface area contributed by atoms with Gasteiger partial charge in [-0.3, -0.25) is 19.6 Å². The van der Waals surface area contributed by atoms with Crippen LogP contribution in [0, 0.1) is 0 Å². The summed E-state index contributed by atoms with van der Waals surface area (Å²) >= 11 is 0. The quantitative estimate of drug-likeness (QED) is 0.554. The summed E-state index contributed by atoms with van der Waals surface area (Å²) < 4.78 is 45.1. The number of carbonyl (C=O) groups excluding carboxylic acids is 2. The van der Waals surface area contributed by atoms with Crippen molar-refractivity contribution < 1.29 is 27.5 Å². The molecule has 0 bridgehead atoms. The summed E-state index contributed by atoms with van der Waals surface area (Å²) in [7, 11) is 0. The summed E-state index contributed by atoms with van der Waals surface area (Å²) in [5.41, 5.74) is -0.00561. The van der Waals surface area contributed by atoms with E-state index in [2.05, 4.69) is 4.98 Å². The number of halogens is 3. The summed E-state index contributed by atoms with van der Waals surface area (Å²) in [5, 5.41) is 0.877. The van der Waals surface area contributed by atoms with Crippen molar-refractivity contribution in [2.24, 2.45) is 0 Å². The van der Waals surface area contributed by atoms with Crippen LogP contribution in [0.25, 0.3) is 10.9 Å². The largest absolute Gasteiger partial charge is 0.490 e. The highest BCUT2D eigenvalue weighted by atomic mass is 19.4. The second-order valence-electron chi connectivity index (χ2n) is 7.87. The second-order valence-corrected chi connectivity index (χ2v) is 7.87. The van der Waals surface area contributed by atoms with Crippen molar-refractivity contribution in [1.82, 2.24) is 9.88 Å². The van der Waals surface area contributed by atoms with E-state index < -0.39 is 23.7 Å². The molecular formula is C23H18F3N3O3. The van der Waals surface area contributed by atoms with Crippen molar-refractivity contribution >= 4 is 28.5 Å². The Balaban J connectivity index is 1.27. The molecule has 9 heteroatoms. The third-order valence-corrected chi connectivity index (χ3v) is 5.82. The van der Waals surface area contributed by atoms with Gasteiger partial charge in [-0.15, -0.1) is 0 Å². The standard InChI is InChI=1S/C23H18F3N3O3/c24-23(25,26)14-4-3-5-15(10-14)28-13-21(30)29(22(28)31)16-11-17(12-16)32-20-8-9-27-19-7-2-1-6-18(19)20/h1-10,16-17H,11-13H2/t16-,17-. The van der Waals surface area contributed by atoms with Crippen molar-refractivity contribution in [3.05, 3.63) is 66.4 Å². The van der Waals surface area contributed by atoms with Crippen LogP contribution < -0.4 is 9.64 Å². The lowest BCUT2D eigenvalue weighted by molar-refractivity contribution is -0.137. The van der Waals surface area contributed by atoms with Crippen LogP contribution in [0.1, 0.15) is 18.4 Å². The Bertz CT molecular complexity index is 1200. The molecule has 2 aliphatic rings. The summed E-state index contributed by atoms with van der Waals surface area (Å²) in [5.74, 6) is 0.258. The molecule has 0 spiro atoms. The zero-order chi connectivity index (χ0) is 22.5. The number of pyridine rings is 1. The third-order valence-electron chi connectivity index (χ3n) is 5.82. The average Bonchev–Trinajstić information content (AvgIpc) is 3.04. The highest BCUT2D eigenvalue weighted by molar-refractivity contribution is 6.12. The predicted molar refractivity (Wildman–Crippen MR) is 110 cm³/mol. The third kappa shape index (κ3) is 3.53. The van der Waals surface area contributed by atoms with E-state index in [9.17, 15) is 22.8 Å². The molecule has 2 fully saturated rings. The number of para-hydroxylation sites is 1. The van der Waals surface area contributed by atoms with Gasteiger partial charge < -0.3 is 4.74 Å². The first-order valence-electron chi connectivity index (χ1n) is 10.1. The lowest BCUT2D eigenvalue weighted by atomic mass is 9.88. The van der Waals surface area contributed by atoms with E-state index in [4.69, 9.17) is 4.74 Å². The maximum Gasteiger partial charge on any atom is 0.416 e. The van der Waals surface area contributed by atoms with Crippen LogP contribution in [-0.2, 0) is 11.0 Å². The maximum absolute atomic E-state index is 13.0. The Kier molecular flexibility index (Phi) is 4.76. The number of carbonyl (C=O) groups is 2. The van der Waals surface area contributed by atoms with Crippen LogP contribution in [0.3, 0.4) is 0 Å². The van der Waals surface area contributed by atoms with E-state index in [1.54, 1.807) is 12.3 Å². The fraction of sp³-hybridized carbons (Fsp3) is 0.261. The van der Waals surface area contributed by atoms with Crippen molar-refractivity contribution in [2.75, 3.05) is 11.4 Å². The SMILES string of the molecule is O=C1CN(c2cccc(C(F)(F)F)c2)C(=O)N1[C@H]1C[C@H](Oc2ccnc3ccccc23)C1. The minimum Gasteiger partial charge on any atom is -0.490 e. The molecule has 6 nitrogen and oxygen atoms in total. The lowest BCUT2D eigenvalue weighted by Gasteiger charge is -2.39. The first kappa shape index (κ1) is 20.3. The predicted octanol–water partition coefficient (Wildman–Crippen LogP) is 4.63. The van der Waals surface area contributed by atoms with Gasteiger partial charge in [-0.25, -0.2) is 4.79 Å². The highest BCUT2D eigenvalue weighted by Crippen LogP contribution is 2.37. The van der Waals surface area contributed by atoms with Gasteiger partial charge in [0.2, 0.25) is 0 Å². The summed E-state index contributed by atoms with van der Waals surface area (Å²) in [6, 6.07) is 12.8. The smallest absolute Gasteiger partial charge is 0.416 e. The molecule has 2 heterocycles. The number of fused-ring (bicyclic) bond motifs is 1. The number of hydrogen-bond acceptors (Lipinski definition) is 4. The molecule has 0 atom stereocenters. The molecule has 164 valence electrons. The number of ether oxygens (including phenoxy) is 1. The Hall–Kier alpha value is -3.62. The van der Waals surface area contributed by atoms with Gasteiger partial charge in [0.1, 0.15) is 18.4 Å². The number of urea groups is 1. The molecule has 0 unspecified atom stereocenters. The van der Waals surface area contributed by atoms with E-state index in [1.807, 2.05) is 24.3 Å². The lowest BCUT2D eigenvalue weighted by Crippen LogP contribution is -2.52. The number of imide groups is 1. The van der Waals surface area contributed by atoms with Crippen LogP contribution >= 0.6 is 0 Å². The van der Waals surface area contributed by atoms with Gasteiger partial charge in [-0.1, -0.05) is 18.2 Å². The van der Waals surface area contributed by atoms with E-state index in [1.165, 1.54) is 12.1 Å². The molecule has 1 saturated carbocycles. The molecule has 32 heavy (non-hydrogen) atoms. The van der Waals surface area contributed by atoms with Crippen LogP contribution in [0.5, 0.6) is 5.75 Å². The number of anilines is 1. The van der Waals surface area contributed by atoms with Crippen LogP contribution in [0.15, 0.2) is 60.8 Å². The maximum atomic E-state index is 13.0. The molecule has 5 rings (SSSR count). The number of nitrogens with zero attached hydrogens (tertiary/aromatic N) is 3. The van der Waals surface area contributed by atoms with Gasteiger partial charge in [-0.2, -0.15) is 13.2 Å². The molecule has 1 aliphatic carbocycles. The molecule has 3 amide bonds. The monoisotopic (exact) mass is 441 g/mol. The summed E-state index contributed by atoms with van der Waals surface area (Å²) in [6.07, 6.45) is -2.12. The van der Waals surface area contributed by atoms with E-state index in [-0.39, 0.29) is 24.4 Å². The number of amides is 3. The molecule has 0 N–H and O–H groups in total. The fourth-order valence-corrected chi connectivity index (χ4v) is 4.12. The Labute approximate surface area is 181 Å². The fourth-order valence-electron chi connectivity index (χ4n) is 4.12. The minimum absolute atomic E-state index is 0.0519. The first-order chi connectivity index (χ1) is 15.3. The van der Waals surface area contributed by atoms with Gasteiger partial charge in [0, 0.05) is 36.2 Å². The normalized spacial score (nSPS) is 21.2. The molecule has 1 aromatic heterocycles. The molecule has 1 aliphatic heterocycles. The summed E-state index contributed by atoms with van der Waals surface area (Å²) in [4.78, 5) is 31.9. The highest BCUT2D eigenvalue weighted by Gasteiger charge is 2.47. The topological polar surface area (TPSA) is 62.7 Å². The molecule has 0 radical (unpaired) electrons. The van der Waals surface area contributed by atoms with Crippen molar-refractivity contribution in [2.45, 2.75) is 31.2 Å². The number of alkyl halides is 3. The van der Waals surface area contributed by atoms with Gasteiger partial charge in [0.15, 0.2) is 0 Å². The molecule has 3 aromatic rings. The van der Waals surface area contributed by atoms with E-state index in [0.717, 1.165) is 32.8 Å². The van der Waals surface area contributed by atoms with Crippen LogP contribution in [0.2, 0.25) is 0 Å². The summed E-state index contributed by atoms with van der Waals surface area (Å²) in [6.45, 7) is -0.281. The second kappa shape index (κ2) is 7.51. The Morgan fingerprint density at radius 2 is 1.78 bits per heavy atom. The van der Waals surface area contributed by atoms with Crippen LogP contribution in [0.4, 0.5) is 23.7 Å². The number of hydrogen-bond donors (Lipinski definition) is 0. The Morgan fingerprint density at radius 3 is 2.56 bits per heavy atom. The molecule has 1 saturated heterocycles. The van der Waals surface area contributed by atoms with Crippen molar-refractivity contribution in [1.29, 1.82) is 0 Å².